The summed E-state index contributed by atoms with van der Waals surface area (Å²) in [7, 11) is 0. The Hall–Kier alpha value is -3.47. The molecule has 1 aromatic rings. The Morgan fingerprint density at radius 3 is 2.40 bits per heavy atom. The first-order valence-corrected chi connectivity index (χ1v) is 13.7. The number of aliphatic carboxylic acids is 1. The number of anilines is 1. The van der Waals surface area contributed by atoms with Crippen molar-refractivity contribution in [2.45, 2.75) is 77.9 Å². The molecule has 218 valence electrons. The summed E-state index contributed by atoms with van der Waals surface area (Å²) in [5, 5.41) is 17.1. The van der Waals surface area contributed by atoms with Crippen molar-refractivity contribution < 1.29 is 33.9 Å². The van der Waals surface area contributed by atoms with Crippen molar-refractivity contribution in [1.29, 1.82) is 0 Å². The van der Waals surface area contributed by atoms with Gasteiger partial charge in [0.15, 0.2) is 0 Å². The number of carbonyl (C=O) groups excluding carboxylic acids is 5. The lowest BCUT2D eigenvalue weighted by molar-refractivity contribution is -0.150. The lowest BCUT2D eigenvalue weighted by Gasteiger charge is -2.42. The molecule has 0 spiro atoms. The predicted octanol–water partition coefficient (Wildman–Crippen LogP) is 2.62. The minimum absolute atomic E-state index is 0.0310. The van der Waals surface area contributed by atoms with E-state index in [1.165, 1.54) is 11.0 Å². The van der Waals surface area contributed by atoms with Crippen molar-refractivity contribution in [2.24, 2.45) is 17.3 Å². The number of nitrogens with zero attached hydrogens (tertiary/aromatic N) is 1. The first-order chi connectivity index (χ1) is 18.6. The normalized spacial score (nSPS) is 21.5. The van der Waals surface area contributed by atoms with Gasteiger partial charge in [0.05, 0.1) is 28.7 Å². The molecule has 1 aliphatic carbocycles. The Kier molecular flexibility index (Phi) is 9.28. The fraction of sp³-hybridized carbons (Fsp3) is 0.571. The second-order valence-electron chi connectivity index (χ2n) is 12.0. The minimum Gasteiger partial charge on any atom is -0.481 e. The summed E-state index contributed by atoms with van der Waals surface area (Å²) in [5.41, 5.74) is -1.67. The van der Waals surface area contributed by atoms with Gasteiger partial charge in [0, 0.05) is 12.5 Å². The molecule has 1 aliphatic heterocycles. The molecule has 4 atom stereocenters. The average Bonchev–Trinajstić information content (AvgIpc) is 3.47. The molecule has 2 aliphatic rings. The zero-order chi connectivity index (χ0) is 30.0. The van der Waals surface area contributed by atoms with Gasteiger partial charge in [-0.15, -0.1) is 0 Å². The Labute approximate surface area is 238 Å². The molecule has 1 heterocycles. The molecule has 12 heteroatoms. The van der Waals surface area contributed by atoms with Gasteiger partial charge in [-0.25, -0.2) is 0 Å². The number of fused-ring (bicyclic) bond motifs is 2. The molecule has 4 N–H and O–H groups in total. The van der Waals surface area contributed by atoms with E-state index in [1.807, 2.05) is 0 Å². The Morgan fingerprint density at radius 1 is 1.18 bits per heavy atom. The Morgan fingerprint density at radius 2 is 1.85 bits per heavy atom. The molecule has 0 unspecified atom stereocenters. The summed E-state index contributed by atoms with van der Waals surface area (Å²) in [5.74, 6) is -3.40. The number of rotatable bonds is 10. The van der Waals surface area contributed by atoms with E-state index in [2.05, 4.69) is 16.0 Å². The highest BCUT2D eigenvalue weighted by Gasteiger charge is 2.59. The van der Waals surface area contributed by atoms with Crippen LogP contribution in [0.15, 0.2) is 18.2 Å². The fourth-order valence-corrected chi connectivity index (χ4v) is 5.57. The summed E-state index contributed by atoms with van der Waals surface area (Å²) in [4.78, 5) is 77.0. The van der Waals surface area contributed by atoms with Crippen LogP contribution in [0.25, 0.3) is 0 Å². The zero-order valence-corrected chi connectivity index (χ0v) is 24.1. The molecular weight excluding hydrogens is 540 g/mol. The minimum atomic E-state index is -1.24. The molecule has 0 aromatic heterocycles. The standard InChI is InChI=1S/C28H37ClN4O7/c1-15(2)23(37)31-19-8-6-7-18(21(19)29)24(38)32-22(27(3,4)5)25(39)33-13-16-9-10-28(33,12-16)26(40)30-17(14-34)11-20(35)36/h6-8,14-17,22H,9-13H2,1-5H3,(H,30,40)(H,31,37)(H,32,38)(H,35,36)/t16-,17+,22-,28+/m1/s1. The van der Waals surface area contributed by atoms with Crippen LogP contribution in [0.2, 0.25) is 5.02 Å². The molecule has 11 nitrogen and oxygen atoms in total. The summed E-state index contributed by atoms with van der Waals surface area (Å²) in [6.07, 6.45) is 1.26. The van der Waals surface area contributed by atoms with Crippen LogP contribution in [0.5, 0.6) is 0 Å². The maximum atomic E-state index is 14.0. The first kappa shape index (κ1) is 31.1. The van der Waals surface area contributed by atoms with E-state index < -0.39 is 53.1 Å². The molecule has 3 rings (SSSR count). The van der Waals surface area contributed by atoms with Crippen LogP contribution in [-0.4, -0.2) is 70.1 Å². The Balaban J connectivity index is 1.87. The van der Waals surface area contributed by atoms with E-state index in [9.17, 15) is 28.8 Å². The third kappa shape index (κ3) is 6.46. The largest absolute Gasteiger partial charge is 0.481 e. The van der Waals surface area contributed by atoms with Crippen LogP contribution in [-0.2, 0) is 24.0 Å². The van der Waals surface area contributed by atoms with Gasteiger partial charge in [0.25, 0.3) is 5.91 Å². The topological polar surface area (TPSA) is 162 Å². The third-order valence-electron chi connectivity index (χ3n) is 7.53. The molecule has 40 heavy (non-hydrogen) atoms. The number of hydrogen-bond donors (Lipinski definition) is 4. The highest BCUT2D eigenvalue weighted by atomic mass is 35.5. The van der Waals surface area contributed by atoms with Crippen molar-refractivity contribution in [1.82, 2.24) is 15.5 Å². The monoisotopic (exact) mass is 576 g/mol. The number of carboxylic acid groups (broad SMARTS) is 1. The highest BCUT2D eigenvalue weighted by molar-refractivity contribution is 6.37. The van der Waals surface area contributed by atoms with Gasteiger partial charge in [-0.1, -0.05) is 52.3 Å². The third-order valence-corrected chi connectivity index (χ3v) is 7.94. The second-order valence-corrected chi connectivity index (χ2v) is 12.4. The van der Waals surface area contributed by atoms with E-state index in [1.54, 1.807) is 46.8 Å². The summed E-state index contributed by atoms with van der Waals surface area (Å²) in [6.45, 7) is 9.11. The van der Waals surface area contributed by atoms with Gasteiger partial charge in [-0.2, -0.15) is 0 Å². The summed E-state index contributed by atoms with van der Waals surface area (Å²) < 4.78 is 0. The zero-order valence-electron chi connectivity index (χ0n) is 23.4. The van der Waals surface area contributed by atoms with E-state index >= 15 is 0 Å². The smallest absolute Gasteiger partial charge is 0.305 e. The molecule has 2 bridgehead atoms. The van der Waals surface area contributed by atoms with Crippen LogP contribution in [0.1, 0.15) is 70.7 Å². The van der Waals surface area contributed by atoms with Crippen molar-refractivity contribution >= 4 is 53.2 Å². The van der Waals surface area contributed by atoms with Crippen LogP contribution in [0, 0.1) is 17.3 Å². The number of halogens is 1. The SMILES string of the molecule is CC(C)C(=O)Nc1cccc(C(=O)N[C@H](C(=O)N2C[C@@H]3CC[C@@]2(C(=O)N[C@H](C=O)CC(=O)O)C3)C(C)(C)C)c1Cl. The number of likely N-dealkylation sites (tertiary alicyclic amines) is 1. The van der Waals surface area contributed by atoms with Gasteiger partial charge < -0.3 is 30.8 Å². The van der Waals surface area contributed by atoms with Crippen molar-refractivity contribution in [2.75, 3.05) is 11.9 Å². The quantitative estimate of drug-likeness (QED) is 0.311. The van der Waals surface area contributed by atoms with Crippen LogP contribution < -0.4 is 16.0 Å². The van der Waals surface area contributed by atoms with Crippen molar-refractivity contribution in [3.8, 4) is 0 Å². The average molecular weight is 577 g/mol. The number of amides is 4. The lowest BCUT2D eigenvalue weighted by atomic mass is 9.84. The maximum Gasteiger partial charge on any atom is 0.305 e. The van der Waals surface area contributed by atoms with E-state index in [0.717, 1.165) is 0 Å². The molecule has 2 fully saturated rings. The second kappa shape index (κ2) is 12.0. The fourth-order valence-electron chi connectivity index (χ4n) is 5.31. The predicted molar refractivity (Wildman–Crippen MR) is 148 cm³/mol. The van der Waals surface area contributed by atoms with Gasteiger partial charge in [-0.05, 0) is 42.7 Å². The highest BCUT2D eigenvalue weighted by Crippen LogP contribution is 2.47. The number of nitrogens with one attached hydrogen (secondary N) is 3. The number of aldehydes is 1. The van der Waals surface area contributed by atoms with Gasteiger partial charge >= 0.3 is 5.97 Å². The van der Waals surface area contributed by atoms with E-state index in [-0.39, 0.29) is 34.0 Å². The molecule has 1 saturated carbocycles. The molecular formula is C28H37ClN4O7. The lowest BCUT2D eigenvalue weighted by Crippen LogP contribution is -2.64. The number of carbonyl (C=O) groups is 6. The van der Waals surface area contributed by atoms with Gasteiger partial charge in [0.2, 0.25) is 17.7 Å². The van der Waals surface area contributed by atoms with Crippen LogP contribution >= 0.6 is 11.6 Å². The molecule has 4 amide bonds. The maximum absolute atomic E-state index is 14.0. The Bertz CT molecular complexity index is 1210. The molecule has 1 aromatic carbocycles. The van der Waals surface area contributed by atoms with E-state index in [4.69, 9.17) is 16.7 Å². The van der Waals surface area contributed by atoms with Crippen LogP contribution in [0.3, 0.4) is 0 Å². The van der Waals surface area contributed by atoms with Gasteiger partial charge in [0.1, 0.15) is 17.9 Å². The molecule has 0 radical (unpaired) electrons. The number of carboxylic acids is 1. The van der Waals surface area contributed by atoms with Gasteiger partial charge in [-0.3, -0.25) is 24.0 Å². The van der Waals surface area contributed by atoms with E-state index in [0.29, 0.717) is 32.1 Å². The summed E-state index contributed by atoms with van der Waals surface area (Å²) >= 11 is 6.48. The summed E-state index contributed by atoms with van der Waals surface area (Å²) in [6, 6.07) is 2.37. The first-order valence-electron chi connectivity index (χ1n) is 13.3. The molecule has 1 saturated heterocycles. The number of benzene rings is 1. The van der Waals surface area contributed by atoms with Crippen LogP contribution in [0.4, 0.5) is 5.69 Å². The number of hydrogen-bond acceptors (Lipinski definition) is 6. The van der Waals surface area contributed by atoms with Crippen molar-refractivity contribution in [3.63, 3.8) is 0 Å². The van der Waals surface area contributed by atoms with Crippen molar-refractivity contribution in [3.05, 3.63) is 28.8 Å². The number of piperidine rings is 1.